The quantitative estimate of drug-likeness (QED) is 0.814. The van der Waals surface area contributed by atoms with Gasteiger partial charge in [0, 0.05) is 10.4 Å². The first-order valence-electron chi connectivity index (χ1n) is 6.06. The molecule has 0 aliphatic rings. The van der Waals surface area contributed by atoms with Gasteiger partial charge in [-0.15, -0.1) is 11.3 Å². The first-order chi connectivity index (χ1) is 9.13. The fourth-order valence-corrected chi connectivity index (χ4v) is 3.40. The van der Waals surface area contributed by atoms with Gasteiger partial charge in [0.1, 0.15) is 0 Å². The van der Waals surface area contributed by atoms with E-state index in [-0.39, 0.29) is 6.04 Å². The molecular weight excluding hydrogens is 332 g/mol. The molecule has 0 aliphatic heterocycles. The summed E-state index contributed by atoms with van der Waals surface area (Å²) in [7, 11) is 0. The second kappa shape index (κ2) is 6.59. The van der Waals surface area contributed by atoms with Crippen molar-refractivity contribution in [3.8, 4) is 0 Å². The number of thiophene rings is 1. The third-order valence-electron chi connectivity index (χ3n) is 2.77. The first kappa shape index (κ1) is 14.6. The number of rotatable bonds is 5. The highest BCUT2D eigenvalue weighted by Gasteiger charge is 2.20. The van der Waals surface area contributed by atoms with Gasteiger partial charge in [-0.25, -0.2) is 8.78 Å². The molecule has 0 fully saturated rings. The summed E-state index contributed by atoms with van der Waals surface area (Å²) >= 11 is 4.92. The smallest absolute Gasteiger partial charge is 0.163 e. The normalized spacial score (nSPS) is 12.6. The molecule has 0 saturated carbocycles. The van der Waals surface area contributed by atoms with Gasteiger partial charge in [-0.3, -0.25) is 0 Å². The van der Waals surface area contributed by atoms with Crippen LogP contribution in [0.1, 0.15) is 29.8 Å². The van der Waals surface area contributed by atoms with Crippen molar-refractivity contribution in [2.24, 2.45) is 0 Å². The highest BCUT2D eigenvalue weighted by molar-refractivity contribution is 9.11. The molecule has 1 heterocycles. The summed E-state index contributed by atoms with van der Waals surface area (Å²) in [5.41, 5.74) is 0.350. The monoisotopic (exact) mass is 345 g/mol. The fourth-order valence-electron chi connectivity index (χ4n) is 1.88. The van der Waals surface area contributed by atoms with Crippen LogP contribution in [0.25, 0.3) is 0 Å². The third kappa shape index (κ3) is 3.41. The predicted molar refractivity (Wildman–Crippen MR) is 78.5 cm³/mol. The summed E-state index contributed by atoms with van der Waals surface area (Å²) in [4.78, 5) is 0.963. The molecule has 5 heteroatoms. The van der Waals surface area contributed by atoms with Crippen LogP contribution in [-0.2, 0) is 0 Å². The Kier molecular flexibility index (Phi) is 5.07. The highest BCUT2D eigenvalue weighted by Crippen LogP contribution is 2.32. The third-order valence-corrected chi connectivity index (χ3v) is 4.46. The van der Waals surface area contributed by atoms with E-state index < -0.39 is 11.6 Å². The van der Waals surface area contributed by atoms with Crippen LogP contribution in [0, 0.1) is 11.6 Å². The Bertz CT molecular complexity index is 556. The van der Waals surface area contributed by atoms with Gasteiger partial charge in [-0.05, 0) is 47.1 Å². The zero-order chi connectivity index (χ0) is 13.8. The van der Waals surface area contributed by atoms with Crippen LogP contribution in [0.2, 0.25) is 0 Å². The van der Waals surface area contributed by atoms with Crippen LogP contribution in [0.5, 0.6) is 0 Å². The van der Waals surface area contributed by atoms with Gasteiger partial charge in [0.15, 0.2) is 11.6 Å². The van der Waals surface area contributed by atoms with Gasteiger partial charge in [0.25, 0.3) is 0 Å². The average Bonchev–Trinajstić information content (AvgIpc) is 2.81. The molecule has 0 amide bonds. The van der Waals surface area contributed by atoms with E-state index in [9.17, 15) is 8.78 Å². The van der Waals surface area contributed by atoms with Crippen LogP contribution in [0.15, 0.2) is 34.1 Å². The van der Waals surface area contributed by atoms with Crippen molar-refractivity contribution in [1.29, 1.82) is 0 Å². The Morgan fingerprint density at radius 2 is 2.05 bits per heavy atom. The molecule has 0 bridgehead atoms. The lowest BCUT2D eigenvalue weighted by Gasteiger charge is -2.18. The predicted octanol–water partition coefficient (Wildman–Crippen LogP) is 4.88. The first-order valence-corrected chi connectivity index (χ1v) is 7.67. The lowest BCUT2D eigenvalue weighted by Crippen LogP contribution is -2.23. The van der Waals surface area contributed by atoms with E-state index in [1.54, 1.807) is 6.07 Å². The molecular formula is C14H14BrF2NS. The van der Waals surface area contributed by atoms with Crippen molar-refractivity contribution in [3.05, 3.63) is 56.2 Å². The molecule has 1 aromatic heterocycles. The molecule has 1 nitrogen and oxygen atoms in total. The van der Waals surface area contributed by atoms with Crippen molar-refractivity contribution in [3.63, 3.8) is 0 Å². The van der Waals surface area contributed by atoms with Crippen molar-refractivity contribution < 1.29 is 8.78 Å². The summed E-state index contributed by atoms with van der Waals surface area (Å²) in [5, 5.41) is 3.27. The van der Waals surface area contributed by atoms with Gasteiger partial charge >= 0.3 is 0 Å². The van der Waals surface area contributed by atoms with E-state index in [0.717, 1.165) is 27.7 Å². The summed E-state index contributed by atoms with van der Waals surface area (Å²) in [6, 6.07) is 7.83. The van der Waals surface area contributed by atoms with Crippen LogP contribution >= 0.6 is 27.3 Å². The van der Waals surface area contributed by atoms with E-state index in [4.69, 9.17) is 0 Å². The van der Waals surface area contributed by atoms with Crippen LogP contribution in [-0.4, -0.2) is 6.54 Å². The fraction of sp³-hybridized carbons (Fsp3) is 0.286. The van der Waals surface area contributed by atoms with Crippen LogP contribution in [0.3, 0.4) is 0 Å². The number of nitrogens with one attached hydrogen (secondary N) is 1. The Balaban J connectivity index is 2.39. The number of halogens is 3. The Morgan fingerprint density at radius 3 is 2.68 bits per heavy atom. The molecule has 0 saturated heterocycles. The second-order valence-electron chi connectivity index (χ2n) is 4.17. The summed E-state index contributed by atoms with van der Waals surface area (Å²) in [6.45, 7) is 2.78. The van der Waals surface area contributed by atoms with E-state index in [1.807, 2.05) is 19.1 Å². The van der Waals surface area contributed by atoms with Crippen molar-refractivity contribution in [2.45, 2.75) is 19.4 Å². The number of benzene rings is 1. The van der Waals surface area contributed by atoms with E-state index in [0.29, 0.717) is 5.56 Å². The van der Waals surface area contributed by atoms with E-state index in [2.05, 4.69) is 21.2 Å². The standard InChI is InChI=1S/C14H14BrF2NS/c1-2-8-18-14(11-6-7-12(15)19-11)9-4-3-5-10(16)13(9)17/h3-7,14,18H,2,8H2,1H3. The minimum atomic E-state index is -0.809. The summed E-state index contributed by atoms with van der Waals surface area (Å²) in [5.74, 6) is -1.59. The second-order valence-corrected chi connectivity index (χ2v) is 6.67. The number of hydrogen-bond acceptors (Lipinski definition) is 2. The molecule has 1 unspecified atom stereocenters. The van der Waals surface area contributed by atoms with Gasteiger partial charge in [0.2, 0.25) is 0 Å². The van der Waals surface area contributed by atoms with E-state index in [1.165, 1.54) is 17.4 Å². The minimum absolute atomic E-state index is 0.313. The molecule has 2 rings (SSSR count). The van der Waals surface area contributed by atoms with Gasteiger partial charge < -0.3 is 5.32 Å². The highest BCUT2D eigenvalue weighted by atomic mass is 79.9. The molecule has 0 aliphatic carbocycles. The van der Waals surface area contributed by atoms with Crippen molar-refractivity contribution in [1.82, 2.24) is 5.32 Å². The van der Waals surface area contributed by atoms with Gasteiger partial charge in [-0.2, -0.15) is 0 Å². The Morgan fingerprint density at radius 1 is 1.26 bits per heavy atom. The molecule has 1 atom stereocenters. The molecule has 2 aromatic rings. The minimum Gasteiger partial charge on any atom is -0.306 e. The molecule has 0 spiro atoms. The van der Waals surface area contributed by atoms with E-state index >= 15 is 0 Å². The van der Waals surface area contributed by atoms with Crippen LogP contribution < -0.4 is 5.32 Å². The summed E-state index contributed by atoms with van der Waals surface area (Å²) < 4.78 is 28.3. The van der Waals surface area contributed by atoms with Crippen molar-refractivity contribution in [2.75, 3.05) is 6.54 Å². The molecule has 102 valence electrons. The number of hydrogen-bond donors (Lipinski definition) is 1. The molecule has 1 aromatic carbocycles. The SMILES string of the molecule is CCCNC(c1ccc(Br)s1)c1cccc(F)c1F. The average molecular weight is 346 g/mol. The topological polar surface area (TPSA) is 12.0 Å². The molecule has 1 N–H and O–H groups in total. The maximum atomic E-state index is 13.9. The maximum Gasteiger partial charge on any atom is 0.163 e. The summed E-state index contributed by atoms with van der Waals surface area (Å²) in [6.07, 6.45) is 0.931. The molecule has 19 heavy (non-hydrogen) atoms. The largest absolute Gasteiger partial charge is 0.306 e. The van der Waals surface area contributed by atoms with Gasteiger partial charge in [0.05, 0.1) is 9.83 Å². The zero-order valence-corrected chi connectivity index (χ0v) is 12.8. The Hall–Kier alpha value is -0.780. The van der Waals surface area contributed by atoms with Crippen LogP contribution in [0.4, 0.5) is 8.78 Å². The maximum absolute atomic E-state index is 13.9. The Labute approximate surface area is 123 Å². The van der Waals surface area contributed by atoms with Crippen molar-refractivity contribution >= 4 is 27.3 Å². The lowest BCUT2D eigenvalue weighted by atomic mass is 10.0. The van der Waals surface area contributed by atoms with Gasteiger partial charge in [-0.1, -0.05) is 19.1 Å². The lowest BCUT2D eigenvalue weighted by molar-refractivity contribution is 0.481. The zero-order valence-electron chi connectivity index (χ0n) is 10.4. The molecule has 0 radical (unpaired) electrons.